The van der Waals surface area contributed by atoms with Crippen molar-refractivity contribution in [1.82, 2.24) is 5.32 Å². The molecule has 0 aromatic heterocycles. The van der Waals surface area contributed by atoms with Crippen LogP contribution < -0.4 is 10.6 Å². The third-order valence-electron chi connectivity index (χ3n) is 2.54. The largest absolute Gasteiger partial charge is 0.353 e. The zero-order valence-corrected chi connectivity index (χ0v) is 9.77. The van der Waals surface area contributed by atoms with Gasteiger partial charge in [-0.25, -0.2) is 0 Å². The van der Waals surface area contributed by atoms with E-state index < -0.39 is 0 Å². The predicted molar refractivity (Wildman–Crippen MR) is 65.6 cm³/mol. The molecule has 0 atom stereocenters. The predicted octanol–water partition coefficient (Wildman–Crippen LogP) is 1.17. The molecule has 1 aliphatic rings. The van der Waals surface area contributed by atoms with Crippen LogP contribution in [0.2, 0.25) is 0 Å². The van der Waals surface area contributed by atoms with E-state index >= 15 is 0 Å². The average Bonchev–Trinajstić information content (AvgIpc) is 3.12. The topological polar surface area (TPSA) is 82.0 Å². The van der Waals surface area contributed by atoms with Crippen LogP contribution in [0.25, 0.3) is 0 Å². The summed E-state index contributed by atoms with van der Waals surface area (Å²) >= 11 is 0. The van der Waals surface area contributed by atoms with Crippen molar-refractivity contribution in [2.45, 2.75) is 25.3 Å². The van der Waals surface area contributed by atoms with Gasteiger partial charge in [0.1, 0.15) is 6.42 Å². The van der Waals surface area contributed by atoms with E-state index in [1.807, 2.05) is 6.07 Å². The quantitative estimate of drug-likeness (QED) is 0.779. The lowest BCUT2D eigenvalue weighted by Gasteiger charge is -2.05. The van der Waals surface area contributed by atoms with Gasteiger partial charge in [-0.15, -0.1) is 0 Å². The maximum absolute atomic E-state index is 11.6. The maximum Gasteiger partial charge on any atom is 0.233 e. The molecule has 0 bridgehead atoms. The molecule has 0 spiro atoms. The minimum absolute atomic E-state index is 0.187. The van der Waals surface area contributed by atoms with Gasteiger partial charge in [0.25, 0.3) is 0 Å². The van der Waals surface area contributed by atoms with Crippen molar-refractivity contribution in [3.05, 3.63) is 29.8 Å². The lowest BCUT2D eigenvalue weighted by molar-refractivity contribution is -0.126. The Morgan fingerprint density at radius 3 is 2.78 bits per heavy atom. The first-order valence-electron chi connectivity index (χ1n) is 5.77. The van der Waals surface area contributed by atoms with E-state index in [2.05, 4.69) is 10.6 Å². The second-order valence-electron chi connectivity index (χ2n) is 4.26. The summed E-state index contributed by atoms with van der Waals surface area (Å²) in [7, 11) is 0. The smallest absolute Gasteiger partial charge is 0.233 e. The lowest BCUT2D eigenvalue weighted by Crippen LogP contribution is -2.29. The highest BCUT2D eigenvalue weighted by atomic mass is 16.2. The first-order valence-corrected chi connectivity index (χ1v) is 5.77. The van der Waals surface area contributed by atoms with Gasteiger partial charge in [0.15, 0.2) is 0 Å². The van der Waals surface area contributed by atoms with Gasteiger partial charge in [0.2, 0.25) is 11.8 Å². The molecular weight excluding hydrogens is 230 g/mol. The fourth-order valence-electron chi connectivity index (χ4n) is 1.52. The van der Waals surface area contributed by atoms with Crippen LogP contribution in [0.5, 0.6) is 0 Å². The Bertz CT molecular complexity index is 515. The number of nitrogens with one attached hydrogen (secondary N) is 2. The van der Waals surface area contributed by atoms with Gasteiger partial charge < -0.3 is 10.6 Å². The number of hydrogen-bond acceptors (Lipinski definition) is 3. The Hall–Kier alpha value is -2.35. The number of nitriles is 1. The van der Waals surface area contributed by atoms with E-state index in [9.17, 15) is 9.59 Å². The van der Waals surface area contributed by atoms with Gasteiger partial charge in [-0.05, 0) is 31.0 Å². The second kappa shape index (κ2) is 5.32. The monoisotopic (exact) mass is 243 g/mol. The van der Waals surface area contributed by atoms with E-state index in [0.717, 1.165) is 12.8 Å². The SMILES string of the molecule is N#Cc1cccc(NC(=O)CC(=O)NC2CC2)c1. The minimum Gasteiger partial charge on any atom is -0.353 e. The summed E-state index contributed by atoms with van der Waals surface area (Å²) < 4.78 is 0. The van der Waals surface area contributed by atoms with Crippen molar-refractivity contribution in [3.8, 4) is 6.07 Å². The number of carbonyl (C=O) groups is 2. The molecule has 0 radical (unpaired) electrons. The van der Waals surface area contributed by atoms with Crippen LogP contribution in [0.4, 0.5) is 5.69 Å². The van der Waals surface area contributed by atoms with Gasteiger partial charge in [0, 0.05) is 11.7 Å². The summed E-state index contributed by atoms with van der Waals surface area (Å²) in [6.07, 6.45) is 1.81. The van der Waals surface area contributed by atoms with Crippen molar-refractivity contribution in [3.63, 3.8) is 0 Å². The van der Waals surface area contributed by atoms with Crippen LogP contribution in [0.3, 0.4) is 0 Å². The third kappa shape index (κ3) is 3.59. The summed E-state index contributed by atoms with van der Waals surface area (Å²) in [5.41, 5.74) is 0.994. The molecular formula is C13H13N3O2. The molecule has 1 aliphatic carbocycles. The molecule has 92 valence electrons. The molecule has 0 aliphatic heterocycles. The van der Waals surface area contributed by atoms with Crippen molar-refractivity contribution in [2.75, 3.05) is 5.32 Å². The van der Waals surface area contributed by atoms with Crippen LogP contribution in [-0.2, 0) is 9.59 Å². The number of rotatable bonds is 4. The van der Waals surface area contributed by atoms with E-state index in [1.165, 1.54) is 0 Å². The molecule has 0 saturated heterocycles. The van der Waals surface area contributed by atoms with Gasteiger partial charge in [-0.3, -0.25) is 9.59 Å². The van der Waals surface area contributed by atoms with Gasteiger partial charge in [-0.2, -0.15) is 5.26 Å². The first-order chi connectivity index (χ1) is 8.67. The standard InChI is InChI=1S/C13H13N3O2/c14-8-9-2-1-3-11(6-9)16-13(18)7-12(17)15-10-4-5-10/h1-3,6,10H,4-5,7H2,(H,15,17)(H,16,18). The van der Waals surface area contributed by atoms with E-state index in [0.29, 0.717) is 11.3 Å². The number of nitrogens with zero attached hydrogens (tertiary/aromatic N) is 1. The molecule has 0 heterocycles. The Kier molecular flexibility index (Phi) is 3.58. The summed E-state index contributed by atoms with van der Waals surface area (Å²) in [4.78, 5) is 23.0. The summed E-state index contributed by atoms with van der Waals surface area (Å²) in [6, 6.07) is 8.81. The first kappa shape index (κ1) is 12.1. The number of anilines is 1. The summed E-state index contributed by atoms with van der Waals surface area (Å²) in [5.74, 6) is -0.630. The molecule has 1 saturated carbocycles. The fraction of sp³-hybridized carbons (Fsp3) is 0.308. The molecule has 2 N–H and O–H groups in total. The highest BCUT2D eigenvalue weighted by Gasteiger charge is 2.24. The molecule has 1 aromatic carbocycles. The number of amides is 2. The van der Waals surface area contributed by atoms with Crippen molar-refractivity contribution >= 4 is 17.5 Å². The Morgan fingerprint density at radius 1 is 1.33 bits per heavy atom. The molecule has 1 aromatic rings. The molecule has 5 nitrogen and oxygen atoms in total. The number of hydrogen-bond donors (Lipinski definition) is 2. The zero-order chi connectivity index (χ0) is 13.0. The van der Waals surface area contributed by atoms with Gasteiger partial charge in [-0.1, -0.05) is 6.07 Å². The maximum atomic E-state index is 11.6. The highest BCUT2D eigenvalue weighted by Crippen LogP contribution is 2.18. The molecule has 0 unspecified atom stereocenters. The highest BCUT2D eigenvalue weighted by molar-refractivity contribution is 6.03. The number of carbonyl (C=O) groups excluding carboxylic acids is 2. The van der Waals surface area contributed by atoms with Crippen LogP contribution in [-0.4, -0.2) is 17.9 Å². The second-order valence-corrected chi connectivity index (χ2v) is 4.26. The molecule has 1 fully saturated rings. The molecule has 2 rings (SSSR count). The Balaban J connectivity index is 1.86. The van der Waals surface area contributed by atoms with Crippen LogP contribution in [0.1, 0.15) is 24.8 Å². The molecule has 5 heteroatoms. The van der Waals surface area contributed by atoms with Gasteiger partial charge >= 0.3 is 0 Å². The van der Waals surface area contributed by atoms with Crippen molar-refractivity contribution < 1.29 is 9.59 Å². The van der Waals surface area contributed by atoms with E-state index in [1.54, 1.807) is 24.3 Å². The zero-order valence-electron chi connectivity index (χ0n) is 9.77. The Labute approximate surface area is 105 Å². The fourth-order valence-corrected chi connectivity index (χ4v) is 1.52. The molecule has 2 amide bonds. The van der Waals surface area contributed by atoms with Crippen LogP contribution in [0.15, 0.2) is 24.3 Å². The normalized spacial score (nSPS) is 13.5. The summed E-state index contributed by atoms with van der Waals surface area (Å²) in [5, 5.41) is 14.1. The summed E-state index contributed by atoms with van der Waals surface area (Å²) in [6.45, 7) is 0. The van der Waals surface area contributed by atoms with Crippen LogP contribution in [0, 0.1) is 11.3 Å². The Morgan fingerprint density at radius 2 is 2.11 bits per heavy atom. The van der Waals surface area contributed by atoms with Crippen molar-refractivity contribution in [2.24, 2.45) is 0 Å². The number of benzene rings is 1. The average molecular weight is 243 g/mol. The van der Waals surface area contributed by atoms with Crippen LogP contribution >= 0.6 is 0 Å². The van der Waals surface area contributed by atoms with E-state index in [4.69, 9.17) is 5.26 Å². The molecule has 18 heavy (non-hydrogen) atoms. The lowest BCUT2D eigenvalue weighted by atomic mass is 10.2. The minimum atomic E-state index is -0.372. The van der Waals surface area contributed by atoms with Gasteiger partial charge in [0.05, 0.1) is 11.6 Å². The van der Waals surface area contributed by atoms with Crippen molar-refractivity contribution in [1.29, 1.82) is 5.26 Å². The third-order valence-corrected chi connectivity index (χ3v) is 2.54. The van der Waals surface area contributed by atoms with E-state index in [-0.39, 0.29) is 24.3 Å².